The number of hydrogen-bond acceptors (Lipinski definition) is 6. The van der Waals surface area contributed by atoms with E-state index in [0.29, 0.717) is 63.9 Å². The van der Waals surface area contributed by atoms with E-state index in [9.17, 15) is 24.6 Å². The fourth-order valence-corrected chi connectivity index (χ4v) is 7.47. The van der Waals surface area contributed by atoms with Gasteiger partial charge in [0.25, 0.3) is 0 Å². The number of carbonyl (C=O) groups excluding carboxylic acids is 2. The van der Waals surface area contributed by atoms with Gasteiger partial charge in [0.05, 0.1) is 18.3 Å². The Morgan fingerprint density at radius 2 is 1.64 bits per heavy atom. The molecule has 0 aromatic heterocycles. The summed E-state index contributed by atoms with van der Waals surface area (Å²) in [5, 5.41) is 23.7. The minimum absolute atomic E-state index is 0.0287. The van der Waals surface area contributed by atoms with Crippen molar-refractivity contribution in [1.82, 2.24) is 15.1 Å². The third kappa shape index (κ3) is 7.52. The zero-order valence-electron chi connectivity index (χ0n) is 26.9. The van der Waals surface area contributed by atoms with Gasteiger partial charge in [0.1, 0.15) is 17.3 Å². The molecule has 2 aliphatic heterocycles. The number of hydrogen-bond donors (Lipinski definition) is 3. The van der Waals surface area contributed by atoms with E-state index < -0.39 is 23.2 Å². The van der Waals surface area contributed by atoms with Gasteiger partial charge in [0.15, 0.2) is 0 Å². The van der Waals surface area contributed by atoms with Gasteiger partial charge in [-0.1, -0.05) is 69.4 Å². The van der Waals surface area contributed by atoms with E-state index in [0.717, 1.165) is 56.2 Å². The van der Waals surface area contributed by atoms with Crippen molar-refractivity contribution in [3.8, 4) is 5.75 Å². The zero-order valence-corrected chi connectivity index (χ0v) is 26.9. The van der Waals surface area contributed by atoms with Crippen LogP contribution in [0.3, 0.4) is 0 Å². The number of piperidine rings is 1. The fourth-order valence-electron chi connectivity index (χ4n) is 7.47. The predicted molar refractivity (Wildman–Crippen MR) is 172 cm³/mol. The van der Waals surface area contributed by atoms with Crippen molar-refractivity contribution < 1.29 is 29.3 Å². The van der Waals surface area contributed by atoms with Crippen molar-refractivity contribution >= 4 is 17.8 Å². The first-order chi connectivity index (χ1) is 21.7. The van der Waals surface area contributed by atoms with E-state index in [1.807, 2.05) is 4.90 Å². The maximum atomic E-state index is 13.9. The smallest absolute Gasteiger partial charge is 0.335 e. The molecule has 3 aliphatic rings. The molecule has 2 heterocycles. The number of nitrogens with zero attached hydrogens (tertiary/aromatic N) is 2. The SMILES string of the molecule is CCCCN1C(=O)[C@@H](CC2(O)CCCCCC2)NC(=O)C12CCN(Cc1ccc(Cc3ccc(C(=O)O)cc3OC)cc1)CC2. The van der Waals surface area contributed by atoms with Gasteiger partial charge in [-0.15, -0.1) is 0 Å². The lowest BCUT2D eigenvalue weighted by Crippen LogP contribution is -2.73. The highest BCUT2D eigenvalue weighted by atomic mass is 16.5. The molecule has 3 fully saturated rings. The van der Waals surface area contributed by atoms with Gasteiger partial charge in [-0.05, 0) is 60.9 Å². The Morgan fingerprint density at radius 1 is 0.978 bits per heavy atom. The number of carbonyl (C=O) groups is 3. The summed E-state index contributed by atoms with van der Waals surface area (Å²) >= 11 is 0. The van der Waals surface area contributed by atoms with Gasteiger partial charge >= 0.3 is 5.97 Å². The van der Waals surface area contributed by atoms with Gasteiger partial charge in [-0.3, -0.25) is 14.5 Å². The van der Waals surface area contributed by atoms with Crippen molar-refractivity contribution in [2.45, 2.75) is 108 Å². The summed E-state index contributed by atoms with van der Waals surface area (Å²) in [5.41, 5.74) is 1.68. The highest BCUT2D eigenvalue weighted by Gasteiger charge is 2.54. The molecule has 1 spiro atoms. The number of unbranched alkanes of at least 4 members (excludes halogenated alkanes) is 1. The summed E-state index contributed by atoms with van der Waals surface area (Å²) in [6.07, 6.45) is 9.44. The molecule has 9 nitrogen and oxygen atoms in total. The number of aromatic carboxylic acids is 1. The Hall–Kier alpha value is -3.43. The molecule has 2 amide bonds. The van der Waals surface area contributed by atoms with Gasteiger partial charge in [0.2, 0.25) is 11.8 Å². The molecule has 3 N–H and O–H groups in total. The molecule has 2 aromatic carbocycles. The Kier molecular flexibility index (Phi) is 10.5. The quantitative estimate of drug-likeness (QED) is 0.306. The number of carboxylic acid groups (broad SMARTS) is 1. The van der Waals surface area contributed by atoms with Crippen LogP contribution in [-0.4, -0.2) is 81.7 Å². The van der Waals surface area contributed by atoms with Gasteiger partial charge in [-0.25, -0.2) is 4.79 Å². The van der Waals surface area contributed by atoms with Gasteiger partial charge in [-0.2, -0.15) is 0 Å². The molecule has 2 aromatic rings. The normalized spacial score (nSPS) is 21.8. The summed E-state index contributed by atoms with van der Waals surface area (Å²) in [6.45, 7) is 4.86. The average Bonchev–Trinajstić information content (AvgIpc) is 3.26. The van der Waals surface area contributed by atoms with Crippen LogP contribution in [0.25, 0.3) is 0 Å². The third-order valence-corrected chi connectivity index (χ3v) is 10.2. The van der Waals surface area contributed by atoms with E-state index in [1.165, 1.54) is 5.56 Å². The highest BCUT2D eigenvalue weighted by Crippen LogP contribution is 2.37. The minimum atomic E-state index is -0.981. The fraction of sp³-hybridized carbons (Fsp3) is 0.583. The molecular weight excluding hydrogens is 570 g/mol. The first-order valence-corrected chi connectivity index (χ1v) is 16.7. The number of piperazine rings is 1. The summed E-state index contributed by atoms with van der Waals surface area (Å²) in [4.78, 5) is 43.3. The molecule has 1 aliphatic carbocycles. The largest absolute Gasteiger partial charge is 0.496 e. The lowest BCUT2D eigenvalue weighted by Gasteiger charge is -2.52. The van der Waals surface area contributed by atoms with E-state index in [2.05, 4.69) is 41.4 Å². The van der Waals surface area contributed by atoms with Crippen molar-refractivity contribution in [2.24, 2.45) is 0 Å². The topological polar surface area (TPSA) is 119 Å². The molecule has 1 saturated carbocycles. The van der Waals surface area contributed by atoms with Crippen molar-refractivity contribution in [2.75, 3.05) is 26.7 Å². The maximum absolute atomic E-state index is 13.9. The maximum Gasteiger partial charge on any atom is 0.335 e. The lowest BCUT2D eigenvalue weighted by atomic mass is 9.79. The summed E-state index contributed by atoms with van der Waals surface area (Å²) in [5.74, 6) is -0.507. The number of likely N-dealkylation sites (tertiary alicyclic amines) is 1. The van der Waals surface area contributed by atoms with Crippen LogP contribution in [0, 0.1) is 0 Å². The van der Waals surface area contributed by atoms with Gasteiger partial charge in [0, 0.05) is 39.0 Å². The Bertz CT molecular complexity index is 1340. The number of ether oxygens (including phenoxy) is 1. The van der Waals surface area contributed by atoms with Crippen molar-refractivity contribution in [3.05, 3.63) is 64.7 Å². The molecule has 45 heavy (non-hydrogen) atoms. The Balaban J connectivity index is 1.21. The monoisotopic (exact) mass is 619 g/mol. The van der Waals surface area contributed by atoms with Crippen LogP contribution >= 0.6 is 0 Å². The van der Waals surface area contributed by atoms with E-state index in [1.54, 1.807) is 25.3 Å². The Morgan fingerprint density at radius 3 is 2.27 bits per heavy atom. The van der Waals surface area contributed by atoms with Crippen molar-refractivity contribution in [3.63, 3.8) is 0 Å². The van der Waals surface area contributed by atoms with E-state index >= 15 is 0 Å². The number of rotatable bonds is 11. The first kappa shape index (κ1) is 32.9. The molecule has 9 heteroatoms. The minimum Gasteiger partial charge on any atom is -0.496 e. The number of amides is 2. The van der Waals surface area contributed by atoms with Crippen molar-refractivity contribution in [1.29, 1.82) is 0 Å². The molecule has 0 radical (unpaired) electrons. The second kappa shape index (κ2) is 14.3. The number of benzene rings is 2. The van der Waals surface area contributed by atoms with Crippen LogP contribution < -0.4 is 10.1 Å². The van der Waals surface area contributed by atoms with E-state index in [-0.39, 0.29) is 17.4 Å². The summed E-state index contributed by atoms with van der Waals surface area (Å²) in [6, 6.07) is 12.7. The average molecular weight is 620 g/mol. The standard InChI is InChI=1S/C36H49N3O6/c1-3-4-19-39-32(40)30(24-35(44)15-7-5-6-8-16-35)37-34(43)36(39)17-20-38(21-18-36)25-27-11-9-26(10-12-27)22-28-13-14-29(33(41)42)23-31(28)45-2/h9-14,23,30,44H,3-8,15-22,24-25H2,1-2H3,(H,37,43)(H,41,42)/t30-/m1/s1. The molecule has 0 unspecified atom stereocenters. The predicted octanol–water partition coefficient (Wildman–Crippen LogP) is 4.92. The van der Waals surface area contributed by atoms with Crippen LogP contribution in [0.2, 0.25) is 0 Å². The molecule has 1 atom stereocenters. The first-order valence-electron chi connectivity index (χ1n) is 16.7. The number of methoxy groups -OCH3 is 1. The second-order valence-electron chi connectivity index (χ2n) is 13.3. The molecule has 2 saturated heterocycles. The third-order valence-electron chi connectivity index (χ3n) is 10.2. The number of nitrogens with one attached hydrogen (secondary N) is 1. The molecular formula is C36H49N3O6. The van der Waals surface area contributed by atoms with E-state index in [4.69, 9.17) is 4.74 Å². The van der Waals surface area contributed by atoms with Crippen LogP contribution in [0.4, 0.5) is 0 Å². The van der Waals surface area contributed by atoms with Crippen LogP contribution in [-0.2, 0) is 22.6 Å². The molecule has 5 rings (SSSR count). The lowest BCUT2D eigenvalue weighted by molar-refractivity contribution is -0.163. The number of carboxylic acids is 1. The van der Waals surface area contributed by atoms with Crippen LogP contribution in [0.5, 0.6) is 5.75 Å². The molecule has 244 valence electrons. The highest BCUT2D eigenvalue weighted by molar-refractivity contribution is 6.00. The molecule has 0 bridgehead atoms. The summed E-state index contributed by atoms with van der Waals surface area (Å²) < 4.78 is 5.44. The zero-order chi connectivity index (χ0) is 32.0. The van der Waals surface area contributed by atoms with Gasteiger partial charge < -0.3 is 25.2 Å². The second-order valence-corrected chi connectivity index (χ2v) is 13.3. The summed E-state index contributed by atoms with van der Waals surface area (Å²) in [7, 11) is 1.55. The number of aliphatic hydroxyl groups is 1. The van der Waals surface area contributed by atoms with Crippen LogP contribution in [0.1, 0.15) is 105 Å². The van der Waals surface area contributed by atoms with Crippen LogP contribution in [0.15, 0.2) is 42.5 Å². The Labute approximate surface area is 266 Å².